The molecular weight excluding hydrogens is 196 g/mol. The van der Waals surface area contributed by atoms with E-state index in [4.69, 9.17) is 5.73 Å². The molecule has 0 aliphatic carbocycles. The first-order valence-electron chi connectivity index (χ1n) is 5.33. The van der Waals surface area contributed by atoms with Crippen LogP contribution >= 0.6 is 0 Å². The minimum atomic E-state index is 0.162. The van der Waals surface area contributed by atoms with Crippen molar-refractivity contribution in [2.75, 3.05) is 0 Å². The van der Waals surface area contributed by atoms with Gasteiger partial charge in [0.2, 0.25) is 0 Å². The molecule has 0 aromatic carbocycles. The van der Waals surface area contributed by atoms with Crippen molar-refractivity contribution in [1.29, 1.82) is 0 Å². The van der Waals surface area contributed by atoms with Gasteiger partial charge in [-0.05, 0) is 30.5 Å². The molecule has 0 aliphatic heterocycles. The third-order valence-corrected chi connectivity index (χ3v) is 2.20. The quantitative estimate of drug-likeness (QED) is 0.765. The summed E-state index contributed by atoms with van der Waals surface area (Å²) in [7, 11) is 0. The van der Waals surface area contributed by atoms with E-state index < -0.39 is 0 Å². The molecule has 84 valence electrons. The molecule has 0 saturated heterocycles. The second-order valence-electron chi connectivity index (χ2n) is 3.79. The number of hydrogen-bond donors (Lipinski definition) is 1. The number of allylic oxidation sites excluding steroid dienone is 4. The number of hydrogen-bond acceptors (Lipinski definition) is 2. The predicted octanol–water partition coefficient (Wildman–Crippen LogP) is 2.73. The van der Waals surface area contributed by atoms with E-state index in [0.717, 1.165) is 23.3 Å². The van der Waals surface area contributed by atoms with E-state index in [0.29, 0.717) is 0 Å². The van der Waals surface area contributed by atoms with E-state index in [-0.39, 0.29) is 6.04 Å². The van der Waals surface area contributed by atoms with Crippen molar-refractivity contribution < 1.29 is 0 Å². The topological polar surface area (TPSA) is 38.9 Å². The Bertz CT molecular complexity index is 386. The largest absolute Gasteiger partial charge is 0.328 e. The second-order valence-corrected chi connectivity index (χ2v) is 3.79. The highest BCUT2D eigenvalue weighted by atomic mass is 14.7. The molecule has 16 heavy (non-hydrogen) atoms. The van der Waals surface area contributed by atoms with Gasteiger partial charge in [-0.25, -0.2) is 0 Å². The molecule has 0 saturated carbocycles. The number of nitrogens with zero attached hydrogens (tertiary/aromatic N) is 1. The average Bonchev–Trinajstić information content (AvgIpc) is 2.26. The van der Waals surface area contributed by atoms with Crippen LogP contribution in [-0.2, 0) is 6.42 Å². The standard InChI is InChI=1S/C14H18N2/c1-4-6-13(5-2)14-8-7-12(10-16-14)9-11(3)15/h4-8,10-11H,1-2,9,15H2,3H3/b13-6+. The van der Waals surface area contributed by atoms with Gasteiger partial charge >= 0.3 is 0 Å². The van der Waals surface area contributed by atoms with Crippen molar-refractivity contribution in [1.82, 2.24) is 4.98 Å². The fourth-order valence-corrected chi connectivity index (χ4v) is 1.47. The van der Waals surface area contributed by atoms with Gasteiger partial charge in [0.25, 0.3) is 0 Å². The van der Waals surface area contributed by atoms with Gasteiger partial charge in [-0.1, -0.05) is 37.5 Å². The van der Waals surface area contributed by atoms with E-state index in [1.807, 2.05) is 31.3 Å². The monoisotopic (exact) mass is 214 g/mol. The molecular formula is C14H18N2. The van der Waals surface area contributed by atoms with Crippen LogP contribution in [0.5, 0.6) is 0 Å². The molecule has 0 radical (unpaired) electrons. The Morgan fingerprint density at radius 1 is 1.50 bits per heavy atom. The Morgan fingerprint density at radius 3 is 2.69 bits per heavy atom. The highest BCUT2D eigenvalue weighted by Gasteiger charge is 2.01. The lowest BCUT2D eigenvalue weighted by molar-refractivity contribution is 0.735. The van der Waals surface area contributed by atoms with Crippen LogP contribution in [0.3, 0.4) is 0 Å². The van der Waals surface area contributed by atoms with E-state index in [9.17, 15) is 0 Å². The highest BCUT2D eigenvalue weighted by Crippen LogP contribution is 2.13. The van der Waals surface area contributed by atoms with Crippen LogP contribution in [0.4, 0.5) is 0 Å². The van der Waals surface area contributed by atoms with Gasteiger partial charge in [0.1, 0.15) is 0 Å². The molecule has 1 aromatic rings. The van der Waals surface area contributed by atoms with Crippen molar-refractivity contribution in [2.45, 2.75) is 19.4 Å². The van der Waals surface area contributed by atoms with Gasteiger partial charge in [0.05, 0.1) is 5.69 Å². The summed E-state index contributed by atoms with van der Waals surface area (Å²) in [6.45, 7) is 9.40. The maximum absolute atomic E-state index is 5.73. The second kappa shape index (κ2) is 6.03. The summed E-state index contributed by atoms with van der Waals surface area (Å²) in [6, 6.07) is 4.19. The van der Waals surface area contributed by atoms with Crippen LogP contribution in [0, 0.1) is 0 Å². The minimum Gasteiger partial charge on any atom is -0.328 e. The van der Waals surface area contributed by atoms with Gasteiger partial charge in [-0.15, -0.1) is 0 Å². The summed E-state index contributed by atoms with van der Waals surface area (Å²) in [5, 5.41) is 0. The highest BCUT2D eigenvalue weighted by molar-refractivity contribution is 5.72. The van der Waals surface area contributed by atoms with Crippen LogP contribution in [0.2, 0.25) is 0 Å². The molecule has 0 fully saturated rings. The summed E-state index contributed by atoms with van der Waals surface area (Å²) in [6.07, 6.45) is 8.10. The molecule has 2 N–H and O–H groups in total. The molecule has 0 spiro atoms. The molecule has 1 heterocycles. The van der Waals surface area contributed by atoms with Gasteiger partial charge < -0.3 is 5.73 Å². The molecule has 1 aromatic heterocycles. The molecule has 2 nitrogen and oxygen atoms in total. The molecule has 2 heteroatoms. The number of pyridine rings is 1. The lowest BCUT2D eigenvalue weighted by Gasteiger charge is -2.06. The number of nitrogens with two attached hydrogens (primary N) is 1. The van der Waals surface area contributed by atoms with E-state index >= 15 is 0 Å². The van der Waals surface area contributed by atoms with Crippen LogP contribution in [0.1, 0.15) is 18.2 Å². The summed E-state index contributed by atoms with van der Waals surface area (Å²) >= 11 is 0. The van der Waals surface area contributed by atoms with Gasteiger partial charge in [0, 0.05) is 12.2 Å². The summed E-state index contributed by atoms with van der Waals surface area (Å²) < 4.78 is 0. The van der Waals surface area contributed by atoms with Crippen LogP contribution in [0.25, 0.3) is 5.57 Å². The van der Waals surface area contributed by atoms with Crippen LogP contribution in [-0.4, -0.2) is 11.0 Å². The minimum absolute atomic E-state index is 0.162. The van der Waals surface area contributed by atoms with Crippen LogP contribution in [0.15, 0.2) is 49.7 Å². The van der Waals surface area contributed by atoms with Gasteiger partial charge in [-0.2, -0.15) is 0 Å². The van der Waals surface area contributed by atoms with Crippen molar-refractivity contribution in [3.05, 3.63) is 61.0 Å². The van der Waals surface area contributed by atoms with Crippen molar-refractivity contribution in [3.63, 3.8) is 0 Å². The molecule has 0 aliphatic rings. The van der Waals surface area contributed by atoms with E-state index in [1.165, 1.54) is 0 Å². The molecule has 0 amide bonds. The maximum atomic E-state index is 5.73. The summed E-state index contributed by atoms with van der Waals surface area (Å²) in [5.74, 6) is 0. The fraction of sp³-hybridized carbons (Fsp3) is 0.214. The lowest BCUT2D eigenvalue weighted by atomic mass is 10.1. The number of rotatable bonds is 5. The normalized spacial score (nSPS) is 13.2. The third kappa shape index (κ3) is 3.48. The first kappa shape index (κ1) is 12.4. The smallest absolute Gasteiger partial charge is 0.0701 e. The molecule has 1 atom stereocenters. The summed E-state index contributed by atoms with van der Waals surface area (Å²) in [4.78, 5) is 4.38. The molecule has 1 rings (SSSR count). The van der Waals surface area contributed by atoms with Crippen molar-refractivity contribution in [3.8, 4) is 0 Å². The maximum Gasteiger partial charge on any atom is 0.0701 e. The van der Waals surface area contributed by atoms with E-state index in [1.54, 1.807) is 12.2 Å². The Balaban J connectivity index is 2.89. The average molecular weight is 214 g/mol. The SMILES string of the molecule is C=C/C=C(\C=C)c1ccc(CC(C)N)cn1. The zero-order chi connectivity index (χ0) is 12.0. The lowest BCUT2D eigenvalue weighted by Crippen LogP contribution is -2.17. The Labute approximate surface area is 97.2 Å². The Morgan fingerprint density at radius 2 is 2.25 bits per heavy atom. The first-order chi connectivity index (χ1) is 7.67. The Hall–Kier alpha value is -1.67. The zero-order valence-electron chi connectivity index (χ0n) is 9.69. The fourth-order valence-electron chi connectivity index (χ4n) is 1.47. The molecule has 0 bridgehead atoms. The Kier molecular flexibility index (Phi) is 4.67. The first-order valence-corrected chi connectivity index (χ1v) is 5.33. The van der Waals surface area contributed by atoms with Gasteiger partial charge in [0.15, 0.2) is 0 Å². The van der Waals surface area contributed by atoms with Crippen LogP contribution < -0.4 is 5.73 Å². The predicted molar refractivity (Wildman–Crippen MR) is 70.0 cm³/mol. The molecule has 1 unspecified atom stereocenters. The van der Waals surface area contributed by atoms with E-state index in [2.05, 4.69) is 18.1 Å². The van der Waals surface area contributed by atoms with Gasteiger partial charge in [-0.3, -0.25) is 4.98 Å². The third-order valence-electron chi connectivity index (χ3n) is 2.20. The zero-order valence-corrected chi connectivity index (χ0v) is 9.69. The van der Waals surface area contributed by atoms with Crippen molar-refractivity contribution in [2.24, 2.45) is 5.73 Å². The number of aromatic nitrogens is 1. The summed E-state index contributed by atoms with van der Waals surface area (Å²) in [5.41, 5.74) is 8.76. The van der Waals surface area contributed by atoms with Crippen molar-refractivity contribution >= 4 is 5.57 Å².